The summed E-state index contributed by atoms with van der Waals surface area (Å²) in [5.74, 6) is -1.69. The van der Waals surface area contributed by atoms with Gasteiger partial charge in [0, 0.05) is 29.6 Å². The van der Waals surface area contributed by atoms with Crippen LogP contribution in [0.1, 0.15) is 57.3 Å². The van der Waals surface area contributed by atoms with Crippen LogP contribution < -0.4 is 16.0 Å². The van der Waals surface area contributed by atoms with Crippen LogP contribution in [-0.2, 0) is 19.1 Å². The zero-order valence-corrected chi connectivity index (χ0v) is 23.0. The fourth-order valence-corrected chi connectivity index (χ4v) is 3.90. The molecule has 0 saturated heterocycles. The highest BCUT2D eigenvalue weighted by Crippen LogP contribution is 2.30. The Labute approximate surface area is 239 Å². The number of esters is 1. The average molecular weight is 580 g/mol. The number of H-pyrrole nitrogens is 1. The Morgan fingerprint density at radius 1 is 1.19 bits per heavy atom. The number of imide groups is 1. The molecule has 0 bridgehead atoms. The molecular weight excluding hydrogens is 550 g/mol. The fraction of sp³-hybridized carbons (Fsp3) is 0.296. The highest BCUT2D eigenvalue weighted by Gasteiger charge is 2.40. The molecule has 1 saturated carbocycles. The lowest BCUT2D eigenvalue weighted by Crippen LogP contribution is -2.40. The zero-order valence-electron chi connectivity index (χ0n) is 23.0. The van der Waals surface area contributed by atoms with Crippen LogP contribution in [0.2, 0.25) is 0 Å². The third-order valence-electron chi connectivity index (χ3n) is 6.44. The van der Waals surface area contributed by atoms with Crippen molar-refractivity contribution < 1.29 is 38.0 Å². The van der Waals surface area contributed by atoms with Crippen LogP contribution in [0.5, 0.6) is 0 Å². The minimum absolute atomic E-state index is 0.0748. The summed E-state index contributed by atoms with van der Waals surface area (Å²) < 4.78 is 14.5. The van der Waals surface area contributed by atoms with E-state index in [9.17, 15) is 24.0 Å². The fourth-order valence-electron chi connectivity index (χ4n) is 3.90. The van der Waals surface area contributed by atoms with Crippen molar-refractivity contribution in [3.05, 3.63) is 64.7 Å². The molecule has 0 aliphatic heterocycles. The van der Waals surface area contributed by atoms with Crippen LogP contribution >= 0.6 is 0 Å². The van der Waals surface area contributed by atoms with E-state index in [4.69, 9.17) is 19.4 Å². The van der Waals surface area contributed by atoms with Crippen molar-refractivity contribution in [3.63, 3.8) is 0 Å². The molecule has 42 heavy (non-hydrogen) atoms. The number of hydrogen-bond acceptors (Lipinski definition) is 10. The van der Waals surface area contributed by atoms with Gasteiger partial charge < -0.3 is 34.9 Å². The monoisotopic (exact) mass is 579 g/mol. The number of aromatic nitrogens is 2. The van der Waals surface area contributed by atoms with Gasteiger partial charge in [-0.05, 0) is 56.9 Å². The summed E-state index contributed by atoms with van der Waals surface area (Å²) in [7, 11) is 0. The standard InChI is InChI=1S/C27H29N7O8/c1-14-4-5-17(24(36)32-21-8-9-42-33-21)10-20(14)31-23(28)22-15(2)19(11-29-22)25(37)34(18-6-7-18)27(39)41-13-40-26(38)16(3)30-12-35/h4-5,8-12,16,18,29H,6-7,13H2,1-3H3,(H2,28,31)(H,30,35)(H,32,33,36). The van der Waals surface area contributed by atoms with E-state index < -0.39 is 36.7 Å². The molecule has 1 fully saturated rings. The summed E-state index contributed by atoms with van der Waals surface area (Å²) in [6.07, 6.45) is 3.26. The molecule has 15 nitrogen and oxygen atoms in total. The number of nitrogens with zero attached hydrogens (tertiary/aromatic N) is 2. The van der Waals surface area contributed by atoms with E-state index in [1.54, 1.807) is 32.0 Å². The maximum Gasteiger partial charge on any atom is 0.419 e. The first-order valence-electron chi connectivity index (χ1n) is 12.8. The highest BCUT2D eigenvalue weighted by atomic mass is 16.7. The predicted octanol–water partition coefficient (Wildman–Crippen LogP) is 2.69. The molecule has 15 heteroatoms. The van der Waals surface area contributed by atoms with E-state index in [0.29, 0.717) is 41.8 Å². The first-order chi connectivity index (χ1) is 20.1. The Hall–Kier alpha value is -5.47. The molecule has 3 aromatic rings. The van der Waals surface area contributed by atoms with Gasteiger partial charge in [-0.3, -0.25) is 19.8 Å². The number of anilines is 2. The summed E-state index contributed by atoms with van der Waals surface area (Å²) in [4.78, 5) is 64.8. The maximum atomic E-state index is 13.4. The van der Waals surface area contributed by atoms with E-state index >= 15 is 0 Å². The van der Waals surface area contributed by atoms with Crippen molar-refractivity contribution in [2.24, 2.45) is 0 Å². The molecule has 0 spiro atoms. The summed E-state index contributed by atoms with van der Waals surface area (Å²) >= 11 is 0. The van der Waals surface area contributed by atoms with Gasteiger partial charge in [-0.2, -0.15) is 0 Å². The molecule has 0 radical (unpaired) electrons. The molecular formula is C27H29N7O8. The zero-order chi connectivity index (χ0) is 30.4. The largest absolute Gasteiger partial charge is 0.426 e. The van der Waals surface area contributed by atoms with E-state index in [2.05, 4.69) is 26.1 Å². The number of aromatic amines is 1. The Balaban J connectivity index is 1.43. The number of carbonyl (C=O) groups is 5. The third-order valence-corrected chi connectivity index (χ3v) is 6.44. The second-order valence-corrected chi connectivity index (χ2v) is 9.47. The smallest absolute Gasteiger partial charge is 0.419 e. The number of nitrogens with one attached hydrogen (secondary N) is 5. The Morgan fingerprint density at radius 2 is 1.95 bits per heavy atom. The number of amidine groups is 1. The van der Waals surface area contributed by atoms with Gasteiger partial charge in [0.05, 0.1) is 11.3 Å². The van der Waals surface area contributed by atoms with Gasteiger partial charge in [-0.25, -0.2) is 14.5 Å². The van der Waals surface area contributed by atoms with Crippen molar-refractivity contribution in [1.29, 1.82) is 5.41 Å². The second-order valence-electron chi connectivity index (χ2n) is 9.47. The molecule has 1 atom stereocenters. The van der Waals surface area contributed by atoms with Gasteiger partial charge in [0.1, 0.15) is 18.1 Å². The van der Waals surface area contributed by atoms with Crippen LogP contribution in [0.3, 0.4) is 0 Å². The van der Waals surface area contributed by atoms with Gasteiger partial charge in [-0.1, -0.05) is 11.2 Å². The Morgan fingerprint density at radius 3 is 2.62 bits per heavy atom. The van der Waals surface area contributed by atoms with Crippen LogP contribution in [-0.4, -0.2) is 70.0 Å². The van der Waals surface area contributed by atoms with Crippen LogP contribution in [0, 0.1) is 19.3 Å². The minimum atomic E-state index is -0.988. The van der Waals surface area contributed by atoms with E-state index in [1.165, 1.54) is 25.5 Å². The predicted molar refractivity (Wildman–Crippen MR) is 147 cm³/mol. The number of ether oxygens (including phenoxy) is 2. The Bertz CT molecular complexity index is 1510. The molecule has 1 unspecified atom stereocenters. The summed E-state index contributed by atoms with van der Waals surface area (Å²) in [5.41, 5.74) is 2.43. The summed E-state index contributed by atoms with van der Waals surface area (Å²) in [6.45, 7) is 4.09. The van der Waals surface area contributed by atoms with Crippen LogP contribution in [0.25, 0.3) is 0 Å². The second kappa shape index (κ2) is 12.8. The van der Waals surface area contributed by atoms with Gasteiger partial charge in [0.25, 0.3) is 11.8 Å². The molecule has 4 amide bonds. The van der Waals surface area contributed by atoms with E-state index in [-0.39, 0.29) is 23.3 Å². The number of rotatable bonds is 11. The summed E-state index contributed by atoms with van der Waals surface area (Å²) in [6, 6.07) is 5.13. The Kier molecular flexibility index (Phi) is 8.99. The van der Waals surface area contributed by atoms with Gasteiger partial charge in [-0.15, -0.1) is 0 Å². The lowest BCUT2D eigenvalue weighted by atomic mass is 10.1. The minimum Gasteiger partial charge on any atom is -0.426 e. The van der Waals surface area contributed by atoms with Crippen LogP contribution in [0.4, 0.5) is 16.3 Å². The number of benzene rings is 1. The SMILES string of the molecule is Cc1ccc(C(=O)Nc2ccon2)cc1NC(=N)c1[nH]cc(C(=O)N(C(=O)OCOC(=O)C(C)NC=O)C2CC2)c1C. The summed E-state index contributed by atoms with van der Waals surface area (Å²) in [5, 5.41) is 20.1. The van der Waals surface area contributed by atoms with Crippen molar-refractivity contribution in [1.82, 2.24) is 20.4 Å². The third kappa shape index (κ3) is 6.80. The molecule has 220 valence electrons. The average Bonchev–Trinajstić information content (AvgIpc) is 3.49. The molecule has 1 aliphatic carbocycles. The van der Waals surface area contributed by atoms with E-state index in [0.717, 1.165) is 10.5 Å². The number of aryl methyl sites for hydroxylation is 1. The highest BCUT2D eigenvalue weighted by molar-refractivity contribution is 6.11. The first kappa shape index (κ1) is 29.5. The lowest BCUT2D eigenvalue weighted by molar-refractivity contribution is -0.154. The first-order valence-corrected chi connectivity index (χ1v) is 12.8. The van der Waals surface area contributed by atoms with Gasteiger partial charge in [0.2, 0.25) is 13.2 Å². The number of hydrogen-bond donors (Lipinski definition) is 5. The molecule has 2 heterocycles. The normalized spacial score (nSPS) is 12.9. The molecule has 4 rings (SSSR count). The van der Waals surface area contributed by atoms with Gasteiger partial charge in [0.15, 0.2) is 5.82 Å². The van der Waals surface area contributed by atoms with Crippen molar-refractivity contribution in [3.8, 4) is 0 Å². The van der Waals surface area contributed by atoms with Crippen LogP contribution in [0.15, 0.2) is 41.2 Å². The molecule has 1 aliphatic rings. The maximum absolute atomic E-state index is 13.4. The number of carbonyl (C=O) groups excluding carboxylic acids is 5. The van der Waals surface area contributed by atoms with Gasteiger partial charge >= 0.3 is 12.1 Å². The molecule has 1 aromatic carbocycles. The molecule has 2 aromatic heterocycles. The van der Waals surface area contributed by atoms with Crippen molar-refractivity contribution in [2.75, 3.05) is 17.4 Å². The molecule has 5 N–H and O–H groups in total. The number of amides is 4. The van der Waals surface area contributed by atoms with E-state index in [1.807, 2.05) is 0 Å². The lowest BCUT2D eigenvalue weighted by Gasteiger charge is -2.20. The van der Waals surface area contributed by atoms with Crippen molar-refractivity contribution in [2.45, 2.75) is 45.7 Å². The topological polar surface area (TPSA) is 209 Å². The van der Waals surface area contributed by atoms with Crippen molar-refractivity contribution >= 4 is 47.6 Å². The quantitative estimate of drug-likeness (QED) is 0.0737.